The van der Waals surface area contributed by atoms with Crippen LogP contribution in [0.1, 0.15) is 11.7 Å². The van der Waals surface area contributed by atoms with Gasteiger partial charge in [-0.3, -0.25) is 4.72 Å². The molecule has 5 heteroatoms. The first-order valence-corrected chi connectivity index (χ1v) is 5.15. The second kappa shape index (κ2) is 2.95. The van der Waals surface area contributed by atoms with Crippen molar-refractivity contribution in [2.24, 2.45) is 0 Å². The van der Waals surface area contributed by atoms with Gasteiger partial charge in [-0.15, -0.1) is 11.3 Å². The number of hydrogen-bond acceptors (Lipinski definition) is 4. The second-order valence-corrected chi connectivity index (χ2v) is 5.10. The van der Waals surface area contributed by atoms with Gasteiger partial charge in [0.15, 0.2) is 0 Å². The van der Waals surface area contributed by atoms with Crippen LogP contribution in [0.5, 0.6) is 0 Å². The number of thiophene rings is 1. The van der Waals surface area contributed by atoms with Crippen LogP contribution in [0, 0.1) is 0 Å². The number of rotatable bonds is 0. The van der Waals surface area contributed by atoms with Gasteiger partial charge in [0, 0.05) is 12.1 Å². The molecule has 2 nitrogen and oxygen atoms in total. The molecule has 0 fully saturated rings. The number of aliphatic hydroxyl groups excluding tert-OH is 1. The first-order chi connectivity index (χ1) is 5.27. The molecule has 0 saturated carbocycles. The molecule has 0 spiro atoms. The van der Waals surface area contributed by atoms with Gasteiger partial charge in [-0.2, -0.15) is 0 Å². The van der Waals surface area contributed by atoms with Gasteiger partial charge in [0.05, 0.1) is 14.6 Å². The highest BCUT2D eigenvalue weighted by Gasteiger charge is 2.20. The van der Waals surface area contributed by atoms with E-state index >= 15 is 0 Å². The molecule has 1 atom stereocenters. The van der Waals surface area contributed by atoms with Gasteiger partial charge in [-0.1, -0.05) is 11.6 Å². The van der Waals surface area contributed by atoms with Crippen LogP contribution in [-0.2, 0) is 0 Å². The van der Waals surface area contributed by atoms with Gasteiger partial charge in [0.1, 0.15) is 0 Å². The maximum atomic E-state index is 9.45. The molecule has 1 aromatic heterocycles. The molecule has 0 saturated heterocycles. The third-order valence-corrected chi connectivity index (χ3v) is 3.80. The molecule has 0 radical (unpaired) electrons. The quantitative estimate of drug-likeness (QED) is 0.639. The van der Waals surface area contributed by atoms with Crippen molar-refractivity contribution >= 4 is 34.9 Å². The SMILES string of the molecule is O[C@@H]1CNSc2sc(Cl)cc21. The van der Waals surface area contributed by atoms with E-state index in [1.807, 2.05) is 6.07 Å². The summed E-state index contributed by atoms with van der Waals surface area (Å²) in [6, 6.07) is 1.83. The van der Waals surface area contributed by atoms with Crippen LogP contribution in [0.25, 0.3) is 0 Å². The number of hydrogen-bond donors (Lipinski definition) is 2. The lowest BCUT2D eigenvalue weighted by molar-refractivity contribution is 0.178. The lowest BCUT2D eigenvalue weighted by atomic mass is 10.2. The van der Waals surface area contributed by atoms with Crippen LogP contribution in [0.2, 0.25) is 4.34 Å². The smallest absolute Gasteiger partial charge is 0.0944 e. The van der Waals surface area contributed by atoms with E-state index in [9.17, 15) is 5.11 Å². The number of β-amino-alcohol motifs (C(OH)–C–C–N with tert-alkyl or cyclic N) is 1. The summed E-state index contributed by atoms with van der Waals surface area (Å²) in [7, 11) is 0. The topological polar surface area (TPSA) is 32.3 Å². The molecular formula is C6H6ClNOS2. The molecule has 1 aromatic rings. The van der Waals surface area contributed by atoms with Gasteiger partial charge in [0.2, 0.25) is 0 Å². The van der Waals surface area contributed by atoms with Crippen LogP contribution in [0.15, 0.2) is 10.3 Å². The molecule has 2 heterocycles. The van der Waals surface area contributed by atoms with Gasteiger partial charge in [-0.05, 0) is 18.0 Å². The average Bonchev–Trinajstić information content (AvgIpc) is 2.31. The summed E-state index contributed by atoms with van der Waals surface area (Å²) in [5.41, 5.74) is 0.962. The zero-order valence-corrected chi connectivity index (χ0v) is 7.89. The third kappa shape index (κ3) is 1.41. The van der Waals surface area contributed by atoms with E-state index in [1.165, 1.54) is 23.3 Å². The molecule has 0 aliphatic carbocycles. The van der Waals surface area contributed by atoms with Crippen LogP contribution in [0.3, 0.4) is 0 Å². The Hall–Kier alpha value is 0.260. The Kier molecular flexibility index (Phi) is 2.12. The van der Waals surface area contributed by atoms with Crippen LogP contribution in [0.4, 0.5) is 0 Å². The maximum Gasteiger partial charge on any atom is 0.0944 e. The van der Waals surface area contributed by atoms with E-state index < -0.39 is 6.10 Å². The molecule has 11 heavy (non-hydrogen) atoms. The fourth-order valence-corrected chi connectivity index (χ4v) is 3.43. The van der Waals surface area contributed by atoms with Gasteiger partial charge >= 0.3 is 0 Å². The van der Waals surface area contributed by atoms with Gasteiger partial charge in [-0.25, -0.2) is 0 Å². The van der Waals surface area contributed by atoms with E-state index in [0.29, 0.717) is 6.54 Å². The number of fused-ring (bicyclic) bond motifs is 1. The van der Waals surface area contributed by atoms with E-state index in [1.54, 1.807) is 0 Å². The van der Waals surface area contributed by atoms with Crippen molar-refractivity contribution in [2.75, 3.05) is 6.54 Å². The van der Waals surface area contributed by atoms with Crippen molar-refractivity contribution in [3.63, 3.8) is 0 Å². The molecule has 2 N–H and O–H groups in total. The summed E-state index contributed by atoms with van der Waals surface area (Å²) in [4.78, 5) is 0. The minimum Gasteiger partial charge on any atom is -0.387 e. The lowest BCUT2D eigenvalue weighted by Gasteiger charge is -2.16. The average molecular weight is 208 g/mol. The summed E-state index contributed by atoms with van der Waals surface area (Å²) in [6.45, 7) is 0.602. The largest absolute Gasteiger partial charge is 0.387 e. The van der Waals surface area contributed by atoms with Crippen molar-refractivity contribution in [3.05, 3.63) is 16.0 Å². The predicted octanol–water partition coefficient (Wildman–Crippen LogP) is 2.05. The summed E-state index contributed by atoms with van der Waals surface area (Å²) in [6.07, 6.45) is -0.394. The van der Waals surface area contributed by atoms with Crippen molar-refractivity contribution in [3.8, 4) is 0 Å². The number of nitrogens with one attached hydrogen (secondary N) is 1. The minimum atomic E-state index is -0.394. The normalized spacial score (nSPS) is 23.3. The minimum absolute atomic E-state index is 0.394. The molecule has 2 rings (SSSR count). The molecule has 60 valence electrons. The Bertz CT molecular complexity index is 276. The first-order valence-electron chi connectivity index (χ1n) is 3.14. The Labute approximate surface area is 77.7 Å². The molecule has 0 aromatic carbocycles. The van der Waals surface area contributed by atoms with Gasteiger partial charge in [0.25, 0.3) is 0 Å². The highest BCUT2D eigenvalue weighted by molar-refractivity contribution is 7.99. The summed E-state index contributed by atoms with van der Waals surface area (Å²) in [5.74, 6) is 0. The summed E-state index contributed by atoms with van der Waals surface area (Å²) in [5, 5.41) is 9.45. The van der Waals surface area contributed by atoms with Crippen molar-refractivity contribution in [1.82, 2.24) is 4.72 Å². The Balaban J connectivity index is 2.43. The van der Waals surface area contributed by atoms with Crippen LogP contribution in [-0.4, -0.2) is 11.7 Å². The molecule has 0 bridgehead atoms. The monoisotopic (exact) mass is 207 g/mol. The molecule has 1 aliphatic heterocycles. The van der Waals surface area contributed by atoms with E-state index in [-0.39, 0.29) is 0 Å². The fourth-order valence-electron chi connectivity index (χ4n) is 0.966. The molecular weight excluding hydrogens is 202 g/mol. The summed E-state index contributed by atoms with van der Waals surface area (Å²) < 4.78 is 4.84. The lowest BCUT2D eigenvalue weighted by Crippen LogP contribution is -2.19. The van der Waals surface area contributed by atoms with Crippen LogP contribution >= 0.6 is 34.9 Å². The zero-order chi connectivity index (χ0) is 7.84. The standard InChI is InChI=1S/C6H6ClNOS2/c7-5-1-3-4(9)2-8-11-6(3)10-5/h1,4,8-9H,2H2/t4-/m1/s1. The first kappa shape index (κ1) is 7.89. The second-order valence-electron chi connectivity index (χ2n) is 2.26. The zero-order valence-electron chi connectivity index (χ0n) is 5.50. The Morgan fingerprint density at radius 2 is 2.55 bits per heavy atom. The predicted molar refractivity (Wildman–Crippen MR) is 48.1 cm³/mol. The fraction of sp³-hybridized carbons (Fsp3) is 0.333. The highest BCUT2D eigenvalue weighted by Crippen LogP contribution is 2.39. The van der Waals surface area contributed by atoms with Gasteiger partial charge < -0.3 is 5.11 Å². The maximum absolute atomic E-state index is 9.45. The van der Waals surface area contributed by atoms with Crippen molar-refractivity contribution in [1.29, 1.82) is 0 Å². The van der Waals surface area contributed by atoms with Crippen molar-refractivity contribution < 1.29 is 5.11 Å². The number of aliphatic hydroxyl groups is 1. The highest BCUT2D eigenvalue weighted by atomic mass is 35.5. The summed E-state index contributed by atoms with van der Waals surface area (Å²) >= 11 is 8.82. The molecule has 0 unspecified atom stereocenters. The van der Waals surface area contributed by atoms with Crippen LogP contribution < -0.4 is 4.72 Å². The van der Waals surface area contributed by atoms with E-state index in [0.717, 1.165) is 14.1 Å². The molecule has 0 amide bonds. The Morgan fingerprint density at radius 1 is 1.73 bits per heavy atom. The van der Waals surface area contributed by atoms with E-state index in [4.69, 9.17) is 11.6 Å². The third-order valence-electron chi connectivity index (χ3n) is 1.50. The van der Waals surface area contributed by atoms with E-state index in [2.05, 4.69) is 4.72 Å². The Morgan fingerprint density at radius 3 is 3.27 bits per heavy atom. The van der Waals surface area contributed by atoms with Crippen molar-refractivity contribution in [2.45, 2.75) is 10.3 Å². The number of halogens is 1. The molecule has 1 aliphatic rings.